The van der Waals surface area contributed by atoms with E-state index in [0.29, 0.717) is 5.82 Å². The van der Waals surface area contributed by atoms with Gasteiger partial charge in [-0.15, -0.1) is 11.3 Å². The van der Waals surface area contributed by atoms with Crippen LogP contribution in [0.3, 0.4) is 0 Å². The van der Waals surface area contributed by atoms with E-state index in [4.69, 9.17) is 9.97 Å². The van der Waals surface area contributed by atoms with Crippen LogP contribution in [0, 0.1) is 0 Å². The highest BCUT2D eigenvalue weighted by Crippen LogP contribution is 2.42. The van der Waals surface area contributed by atoms with Gasteiger partial charge in [-0.05, 0) is 94.2 Å². The number of benzene rings is 7. The van der Waals surface area contributed by atoms with E-state index in [1.807, 2.05) is 12.1 Å². The molecule has 0 amide bonds. The van der Waals surface area contributed by atoms with Gasteiger partial charge < -0.3 is 4.57 Å². The minimum atomic E-state index is 0.673. The lowest BCUT2D eigenvalue weighted by molar-refractivity contribution is 1.08. The maximum Gasteiger partial charge on any atom is 0.162 e. The number of hydrogen-bond donors (Lipinski definition) is 0. The zero-order valence-electron chi connectivity index (χ0n) is 30.5. The summed E-state index contributed by atoms with van der Waals surface area (Å²) in [5, 5.41) is 7.24. The third kappa shape index (κ3) is 5.04. The molecule has 0 saturated heterocycles. The number of aromatic nitrogens is 5. The van der Waals surface area contributed by atoms with Crippen LogP contribution in [0.1, 0.15) is 0 Å². The van der Waals surface area contributed by atoms with Crippen molar-refractivity contribution in [3.8, 4) is 44.5 Å². The zero-order chi connectivity index (χ0) is 37.5. The second-order valence-electron chi connectivity index (χ2n) is 14.5. The molecule has 0 atom stereocenters. The molecular formula is C51H31N5S. The van der Waals surface area contributed by atoms with Crippen LogP contribution in [0.25, 0.3) is 109 Å². The highest BCUT2D eigenvalue weighted by atomic mass is 32.1. The first-order valence-electron chi connectivity index (χ1n) is 19.1. The van der Waals surface area contributed by atoms with Gasteiger partial charge in [0.15, 0.2) is 11.6 Å². The van der Waals surface area contributed by atoms with Crippen molar-refractivity contribution < 1.29 is 0 Å². The molecule has 0 saturated carbocycles. The lowest BCUT2D eigenvalue weighted by Crippen LogP contribution is -2.01. The molecule has 0 aliphatic rings. The molecule has 0 fully saturated rings. The quantitative estimate of drug-likeness (QED) is 0.176. The van der Waals surface area contributed by atoms with Crippen LogP contribution in [-0.4, -0.2) is 24.1 Å². The van der Waals surface area contributed by atoms with E-state index in [1.165, 1.54) is 48.9 Å². The molecule has 12 aromatic rings. The van der Waals surface area contributed by atoms with Crippen molar-refractivity contribution in [2.75, 3.05) is 0 Å². The van der Waals surface area contributed by atoms with E-state index in [-0.39, 0.29) is 0 Å². The van der Waals surface area contributed by atoms with Gasteiger partial charge in [0, 0.05) is 50.1 Å². The molecule has 0 radical (unpaired) electrons. The van der Waals surface area contributed by atoms with Gasteiger partial charge in [0.25, 0.3) is 0 Å². The van der Waals surface area contributed by atoms with Gasteiger partial charge >= 0.3 is 0 Å². The fourth-order valence-electron chi connectivity index (χ4n) is 8.56. The molecule has 266 valence electrons. The first-order chi connectivity index (χ1) is 28.2. The van der Waals surface area contributed by atoms with E-state index >= 15 is 0 Å². The van der Waals surface area contributed by atoms with E-state index < -0.39 is 0 Å². The largest absolute Gasteiger partial charge is 0.309 e. The number of nitrogens with zero attached hydrogens (tertiary/aromatic N) is 5. The summed E-state index contributed by atoms with van der Waals surface area (Å²) in [6.45, 7) is 0. The number of fused-ring (bicyclic) bond motifs is 8. The van der Waals surface area contributed by atoms with Crippen LogP contribution in [0.4, 0.5) is 0 Å². The number of pyridine rings is 1. The Bertz CT molecular complexity index is 3510. The van der Waals surface area contributed by atoms with Crippen molar-refractivity contribution in [3.05, 3.63) is 188 Å². The number of thiophene rings is 1. The molecule has 0 unspecified atom stereocenters. The molecule has 12 rings (SSSR count). The van der Waals surface area contributed by atoms with E-state index in [1.54, 1.807) is 23.7 Å². The van der Waals surface area contributed by atoms with Crippen molar-refractivity contribution in [1.29, 1.82) is 0 Å². The van der Waals surface area contributed by atoms with Crippen molar-refractivity contribution in [2.24, 2.45) is 0 Å². The van der Waals surface area contributed by atoms with Gasteiger partial charge in [-0.2, -0.15) is 0 Å². The van der Waals surface area contributed by atoms with Crippen molar-refractivity contribution in [3.63, 3.8) is 0 Å². The Morgan fingerprint density at radius 1 is 0.404 bits per heavy atom. The second kappa shape index (κ2) is 12.6. The first kappa shape index (κ1) is 31.9. The van der Waals surface area contributed by atoms with E-state index in [0.717, 1.165) is 54.3 Å². The van der Waals surface area contributed by atoms with Crippen molar-refractivity contribution in [1.82, 2.24) is 24.1 Å². The lowest BCUT2D eigenvalue weighted by Gasteiger charge is -2.11. The summed E-state index contributed by atoms with van der Waals surface area (Å²) < 4.78 is 5.79. The molecule has 6 heteroatoms. The summed E-state index contributed by atoms with van der Waals surface area (Å²) in [6.07, 6.45) is 3.60. The average Bonchev–Trinajstić information content (AvgIpc) is 3.96. The van der Waals surface area contributed by atoms with Gasteiger partial charge in [0.2, 0.25) is 0 Å². The Hall–Kier alpha value is -7.41. The summed E-state index contributed by atoms with van der Waals surface area (Å²) in [4.78, 5) is 16.0. The van der Waals surface area contributed by atoms with E-state index in [9.17, 15) is 0 Å². The average molecular weight is 746 g/mol. The highest BCUT2D eigenvalue weighted by Gasteiger charge is 2.22. The van der Waals surface area contributed by atoms with Crippen molar-refractivity contribution >= 4 is 75.9 Å². The Labute approximate surface area is 331 Å². The Kier molecular flexibility index (Phi) is 7.03. The van der Waals surface area contributed by atoms with Crippen LogP contribution >= 0.6 is 11.3 Å². The van der Waals surface area contributed by atoms with Crippen LogP contribution in [0.2, 0.25) is 0 Å². The highest BCUT2D eigenvalue weighted by molar-refractivity contribution is 7.22. The smallest absolute Gasteiger partial charge is 0.162 e. The summed E-state index contributed by atoms with van der Waals surface area (Å²) in [6, 6.07) is 63.2. The Morgan fingerprint density at radius 3 is 1.89 bits per heavy atom. The third-order valence-electron chi connectivity index (χ3n) is 11.2. The van der Waals surface area contributed by atoms with Crippen LogP contribution in [0.15, 0.2) is 188 Å². The monoisotopic (exact) mass is 745 g/mol. The maximum atomic E-state index is 5.41. The van der Waals surface area contributed by atoms with Gasteiger partial charge in [-0.3, -0.25) is 9.55 Å². The molecule has 0 aliphatic carbocycles. The van der Waals surface area contributed by atoms with Crippen molar-refractivity contribution in [2.45, 2.75) is 0 Å². The predicted octanol–water partition coefficient (Wildman–Crippen LogP) is 13.4. The summed E-state index contributed by atoms with van der Waals surface area (Å²) >= 11 is 1.74. The lowest BCUT2D eigenvalue weighted by atomic mass is 10.0. The minimum absolute atomic E-state index is 0.673. The van der Waals surface area contributed by atoms with Gasteiger partial charge in [-0.1, -0.05) is 109 Å². The molecule has 0 N–H and O–H groups in total. The number of hydrogen-bond acceptors (Lipinski definition) is 4. The van der Waals surface area contributed by atoms with Crippen LogP contribution in [0.5, 0.6) is 0 Å². The maximum absolute atomic E-state index is 5.41. The van der Waals surface area contributed by atoms with Gasteiger partial charge in [0.1, 0.15) is 0 Å². The molecule has 0 aliphatic heterocycles. The van der Waals surface area contributed by atoms with Gasteiger partial charge in [0.05, 0.1) is 32.3 Å². The summed E-state index contributed by atoms with van der Waals surface area (Å²) in [5.74, 6) is 1.54. The number of para-hydroxylation sites is 2. The van der Waals surface area contributed by atoms with E-state index in [2.05, 4.69) is 178 Å². The van der Waals surface area contributed by atoms with Crippen LogP contribution < -0.4 is 0 Å². The fourth-order valence-corrected chi connectivity index (χ4v) is 9.64. The molecule has 5 aromatic heterocycles. The topological polar surface area (TPSA) is 48.5 Å². The normalized spacial score (nSPS) is 11.9. The van der Waals surface area contributed by atoms with Gasteiger partial charge in [-0.25, -0.2) is 9.97 Å². The Morgan fingerprint density at radius 2 is 1.05 bits per heavy atom. The third-order valence-corrected chi connectivity index (χ3v) is 12.4. The Balaban J connectivity index is 1.13. The summed E-state index contributed by atoms with van der Waals surface area (Å²) in [7, 11) is 0. The SMILES string of the molecule is c1ccc(-c2cc3nc(-c4ccncc4)nc(-n4c5ccc(-c6ccc7c8ccccc8n(-c8ccccc8)c7c6)cc5c5cc6ccccc6cc54)c3s2)cc1. The fraction of sp³-hybridized carbons (Fsp3) is 0. The summed E-state index contributed by atoms with van der Waals surface area (Å²) in [5.41, 5.74) is 11.1. The second-order valence-corrected chi connectivity index (χ2v) is 15.6. The molecule has 5 nitrogen and oxygen atoms in total. The molecular weight excluding hydrogens is 715 g/mol. The van der Waals surface area contributed by atoms with Crippen LogP contribution in [-0.2, 0) is 0 Å². The predicted molar refractivity (Wildman–Crippen MR) is 238 cm³/mol. The standard InChI is InChI=1S/C51H31N5S/c1-3-11-32(12-4-1)48-31-43-49(57-48)51(54-50(53-43)33-23-25-52-26-24-33)56-45-22-20-36(28-41(45)42-27-34-13-7-8-14-35(34)29-47(42)56)37-19-21-40-39-17-9-10-18-44(39)55(46(40)30-37)38-15-5-2-6-16-38/h1-31H. The first-order valence-corrected chi connectivity index (χ1v) is 19.9. The molecule has 57 heavy (non-hydrogen) atoms. The molecule has 5 heterocycles. The minimum Gasteiger partial charge on any atom is -0.309 e. The molecule has 0 bridgehead atoms. The molecule has 0 spiro atoms. The molecule has 7 aromatic carbocycles. The zero-order valence-corrected chi connectivity index (χ0v) is 31.4. The number of rotatable bonds is 5.